The number of nitrogens with two attached hydrogens (primary N) is 1. The Morgan fingerprint density at radius 1 is 0.738 bits per heavy atom. The molecule has 11 nitrogen and oxygen atoms in total. The molecule has 2 aromatic rings. The predicted molar refractivity (Wildman–Crippen MR) is 157 cm³/mol. The molecule has 0 saturated carbocycles. The Hall–Kier alpha value is -4.25. The van der Waals surface area contributed by atoms with Crippen LogP contribution in [-0.2, 0) is 41.9 Å². The molecule has 0 aromatic heterocycles. The number of amides is 3. The molecule has 0 aliphatic heterocycles. The lowest BCUT2D eigenvalue weighted by Gasteiger charge is -2.18. The van der Waals surface area contributed by atoms with E-state index >= 15 is 0 Å². The van der Waals surface area contributed by atoms with Crippen molar-refractivity contribution in [3.63, 3.8) is 0 Å². The lowest BCUT2D eigenvalue weighted by atomic mass is 10.0. The standard InChI is InChI=1S/C31H42N4O7/c1-23(36)34-26(28(37)16-10-19-32)15-8-9-20-33-29(38)18-17-27(30(39)41-21-24-11-4-2-5-12-24)35-31(40)42-22-25-13-6-3-7-14-25/h2-7,11-14,26-27H,8-10,15-22,32H2,1H3,(H,33,38)(H,34,36)(H,35,40)/t26-,27-/m0/s1. The van der Waals surface area contributed by atoms with Crippen molar-refractivity contribution in [1.29, 1.82) is 0 Å². The average molecular weight is 583 g/mol. The number of Topliss-reactive ketones (excluding diaryl/α,β-unsaturated/α-hetero) is 1. The number of hydrogen-bond acceptors (Lipinski definition) is 8. The van der Waals surface area contributed by atoms with Crippen molar-refractivity contribution in [2.24, 2.45) is 5.73 Å². The molecule has 3 amide bonds. The van der Waals surface area contributed by atoms with Crippen molar-refractivity contribution in [3.8, 4) is 0 Å². The van der Waals surface area contributed by atoms with E-state index in [4.69, 9.17) is 15.2 Å². The summed E-state index contributed by atoms with van der Waals surface area (Å²) in [6, 6.07) is 16.6. The van der Waals surface area contributed by atoms with Gasteiger partial charge in [-0.1, -0.05) is 60.7 Å². The van der Waals surface area contributed by atoms with Gasteiger partial charge in [-0.15, -0.1) is 0 Å². The molecular weight excluding hydrogens is 540 g/mol. The quantitative estimate of drug-likeness (QED) is 0.145. The van der Waals surface area contributed by atoms with Crippen LogP contribution in [0.3, 0.4) is 0 Å². The molecule has 228 valence electrons. The maximum absolute atomic E-state index is 12.8. The topological polar surface area (TPSA) is 166 Å². The second kappa shape index (κ2) is 19.8. The van der Waals surface area contributed by atoms with E-state index in [0.29, 0.717) is 45.2 Å². The normalized spacial score (nSPS) is 12.0. The summed E-state index contributed by atoms with van der Waals surface area (Å²) in [5, 5.41) is 7.99. The maximum Gasteiger partial charge on any atom is 0.408 e. The Bertz CT molecular complexity index is 1130. The SMILES string of the molecule is CC(=O)N[C@@H](CCCCNC(=O)CC[C@H](NC(=O)OCc1ccccc1)C(=O)OCc1ccccc1)C(=O)CCCN. The number of rotatable bonds is 19. The van der Waals surface area contributed by atoms with E-state index in [1.807, 2.05) is 60.7 Å². The van der Waals surface area contributed by atoms with Crippen LogP contribution in [0.15, 0.2) is 60.7 Å². The van der Waals surface area contributed by atoms with E-state index < -0.39 is 24.1 Å². The number of nitrogens with one attached hydrogen (secondary N) is 3. The van der Waals surface area contributed by atoms with Crippen molar-refractivity contribution in [3.05, 3.63) is 71.8 Å². The first-order valence-electron chi connectivity index (χ1n) is 14.2. The first-order valence-corrected chi connectivity index (χ1v) is 14.2. The van der Waals surface area contributed by atoms with Crippen LogP contribution < -0.4 is 21.7 Å². The van der Waals surface area contributed by atoms with Crippen LogP contribution in [0, 0.1) is 0 Å². The van der Waals surface area contributed by atoms with Crippen molar-refractivity contribution >= 4 is 29.7 Å². The highest BCUT2D eigenvalue weighted by atomic mass is 16.6. The zero-order valence-corrected chi connectivity index (χ0v) is 24.1. The van der Waals surface area contributed by atoms with Crippen LogP contribution >= 0.6 is 0 Å². The fraction of sp³-hybridized carbons (Fsp3) is 0.452. The summed E-state index contributed by atoms with van der Waals surface area (Å²) in [4.78, 5) is 61.5. The Balaban J connectivity index is 1.81. The average Bonchev–Trinajstić information content (AvgIpc) is 2.99. The van der Waals surface area contributed by atoms with Crippen LogP contribution in [0.5, 0.6) is 0 Å². The Morgan fingerprint density at radius 2 is 1.36 bits per heavy atom. The molecular formula is C31H42N4O7. The highest BCUT2D eigenvalue weighted by Crippen LogP contribution is 2.08. The van der Waals surface area contributed by atoms with E-state index in [1.165, 1.54) is 6.92 Å². The summed E-state index contributed by atoms with van der Waals surface area (Å²) in [6.45, 7) is 2.18. The van der Waals surface area contributed by atoms with Gasteiger partial charge in [0.25, 0.3) is 0 Å². The van der Waals surface area contributed by atoms with Gasteiger partial charge in [-0.3, -0.25) is 14.4 Å². The molecule has 0 radical (unpaired) electrons. The molecule has 0 heterocycles. The van der Waals surface area contributed by atoms with Crippen LogP contribution in [0.2, 0.25) is 0 Å². The van der Waals surface area contributed by atoms with Crippen LogP contribution in [0.1, 0.15) is 63.0 Å². The fourth-order valence-corrected chi connectivity index (χ4v) is 4.06. The van der Waals surface area contributed by atoms with Gasteiger partial charge in [-0.25, -0.2) is 9.59 Å². The number of unbranched alkanes of at least 4 members (excludes halogenated alkanes) is 1. The predicted octanol–water partition coefficient (Wildman–Crippen LogP) is 2.90. The minimum Gasteiger partial charge on any atom is -0.459 e. The molecule has 0 aliphatic rings. The Labute approximate surface area is 246 Å². The molecule has 0 spiro atoms. The number of ether oxygens (including phenoxy) is 2. The first kappa shape index (κ1) is 34.0. The second-order valence-corrected chi connectivity index (χ2v) is 9.85. The van der Waals surface area contributed by atoms with Gasteiger partial charge in [-0.05, 0) is 49.8 Å². The van der Waals surface area contributed by atoms with Crippen molar-refractivity contribution in [2.45, 2.75) is 77.2 Å². The number of benzene rings is 2. The lowest BCUT2D eigenvalue weighted by molar-refractivity contribution is -0.147. The van der Waals surface area contributed by atoms with Gasteiger partial charge in [0.15, 0.2) is 5.78 Å². The zero-order chi connectivity index (χ0) is 30.6. The molecule has 0 bridgehead atoms. The summed E-state index contributed by atoms with van der Waals surface area (Å²) in [5.41, 5.74) is 7.05. The minimum absolute atomic E-state index is 0.0140. The number of ketones is 1. The van der Waals surface area contributed by atoms with Gasteiger partial charge >= 0.3 is 12.1 Å². The fourth-order valence-electron chi connectivity index (χ4n) is 4.06. The molecule has 0 saturated heterocycles. The summed E-state index contributed by atoms with van der Waals surface area (Å²) in [7, 11) is 0. The van der Waals surface area contributed by atoms with E-state index in [1.54, 1.807) is 0 Å². The highest BCUT2D eigenvalue weighted by molar-refractivity contribution is 5.88. The third-order valence-electron chi connectivity index (χ3n) is 6.31. The first-order chi connectivity index (χ1) is 20.3. The number of hydrogen-bond donors (Lipinski definition) is 4. The van der Waals surface area contributed by atoms with Gasteiger partial charge in [-0.2, -0.15) is 0 Å². The molecule has 2 rings (SSSR count). The van der Waals surface area contributed by atoms with E-state index in [2.05, 4.69) is 16.0 Å². The third-order valence-corrected chi connectivity index (χ3v) is 6.31. The van der Waals surface area contributed by atoms with Crippen LogP contribution in [-0.4, -0.2) is 54.8 Å². The monoisotopic (exact) mass is 582 g/mol. The van der Waals surface area contributed by atoms with Crippen LogP contribution in [0.4, 0.5) is 4.79 Å². The summed E-state index contributed by atoms with van der Waals surface area (Å²) >= 11 is 0. The molecule has 0 fully saturated rings. The Kier molecular flexibility index (Phi) is 16.0. The smallest absolute Gasteiger partial charge is 0.408 e. The van der Waals surface area contributed by atoms with Crippen molar-refractivity contribution in [1.82, 2.24) is 16.0 Å². The molecule has 0 aliphatic carbocycles. The minimum atomic E-state index is -1.08. The van der Waals surface area contributed by atoms with Gasteiger partial charge in [0.2, 0.25) is 11.8 Å². The molecule has 42 heavy (non-hydrogen) atoms. The maximum atomic E-state index is 12.8. The molecule has 2 atom stereocenters. The van der Waals surface area contributed by atoms with E-state index in [0.717, 1.165) is 11.1 Å². The van der Waals surface area contributed by atoms with Gasteiger partial charge < -0.3 is 31.2 Å². The summed E-state index contributed by atoms with van der Waals surface area (Å²) < 4.78 is 10.6. The van der Waals surface area contributed by atoms with Crippen LogP contribution in [0.25, 0.3) is 0 Å². The third kappa shape index (κ3) is 14.4. The lowest BCUT2D eigenvalue weighted by Crippen LogP contribution is -2.43. The van der Waals surface area contributed by atoms with Gasteiger partial charge in [0, 0.05) is 26.3 Å². The van der Waals surface area contributed by atoms with Gasteiger partial charge in [0.05, 0.1) is 6.04 Å². The summed E-state index contributed by atoms with van der Waals surface area (Å²) in [6.07, 6.45) is 1.73. The van der Waals surface area contributed by atoms with E-state index in [-0.39, 0.29) is 43.7 Å². The highest BCUT2D eigenvalue weighted by Gasteiger charge is 2.24. The Morgan fingerprint density at radius 3 is 1.95 bits per heavy atom. The number of alkyl carbamates (subject to hydrolysis) is 1. The molecule has 11 heteroatoms. The largest absolute Gasteiger partial charge is 0.459 e. The summed E-state index contributed by atoms with van der Waals surface area (Å²) in [5.74, 6) is -1.30. The molecule has 2 aromatic carbocycles. The van der Waals surface area contributed by atoms with E-state index in [9.17, 15) is 24.0 Å². The molecule has 0 unspecified atom stereocenters. The number of carbonyl (C=O) groups is 5. The number of esters is 1. The molecule has 5 N–H and O–H groups in total. The van der Waals surface area contributed by atoms with Crippen molar-refractivity contribution in [2.75, 3.05) is 13.1 Å². The van der Waals surface area contributed by atoms with Gasteiger partial charge in [0.1, 0.15) is 19.3 Å². The zero-order valence-electron chi connectivity index (χ0n) is 24.1. The second-order valence-electron chi connectivity index (χ2n) is 9.85. The van der Waals surface area contributed by atoms with Crippen molar-refractivity contribution < 1.29 is 33.4 Å². The number of carbonyl (C=O) groups excluding carboxylic acids is 5.